The van der Waals surface area contributed by atoms with Gasteiger partial charge in [0.05, 0.1) is 0 Å². The summed E-state index contributed by atoms with van der Waals surface area (Å²) in [4.78, 5) is 34.0. The summed E-state index contributed by atoms with van der Waals surface area (Å²) in [6.45, 7) is 5.18. The van der Waals surface area contributed by atoms with Gasteiger partial charge in [0, 0.05) is 11.3 Å². The number of carbonyl (C=O) groups is 3. The summed E-state index contributed by atoms with van der Waals surface area (Å²) in [6, 6.07) is 4.25. The molecule has 0 aliphatic rings. The van der Waals surface area contributed by atoms with Crippen molar-refractivity contribution in [3.63, 3.8) is 0 Å². The SMILES string of the molecule is CC(C)(C)[C@@H](NC(=O)c1ccc(NC(N)=O)cc1)C(=O)O. The van der Waals surface area contributed by atoms with Gasteiger partial charge < -0.3 is 21.5 Å². The zero-order valence-electron chi connectivity index (χ0n) is 12.1. The monoisotopic (exact) mass is 293 g/mol. The number of rotatable bonds is 4. The Labute approximate surface area is 122 Å². The van der Waals surface area contributed by atoms with Crippen LogP contribution in [0.1, 0.15) is 31.1 Å². The van der Waals surface area contributed by atoms with E-state index in [9.17, 15) is 19.5 Å². The van der Waals surface area contributed by atoms with Crippen molar-refractivity contribution in [2.75, 3.05) is 5.32 Å². The maximum absolute atomic E-state index is 12.1. The number of hydrogen-bond acceptors (Lipinski definition) is 3. The molecule has 0 fully saturated rings. The van der Waals surface area contributed by atoms with Gasteiger partial charge in [0.15, 0.2) is 0 Å². The Bertz CT molecular complexity index is 546. The Kier molecular flexibility index (Phi) is 4.91. The van der Waals surface area contributed by atoms with Gasteiger partial charge in [-0.05, 0) is 29.7 Å². The lowest BCUT2D eigenvalue weighted by atomic mass is 9.86. The van der Waals surface area contributed by atoms with Crippen molar-refractivity contribution < 1.29 is 19.5 Å². The van der Waals surface area contributed by atoms with Gasteiger partial charge in [0.25, 0.3) is 5.91 Å². The summed E-state index contributed by atoms with van der Waals surface area (Å²) in [5.74, 6) is -1.59. The molecule has 1 aromatic rings. The van der Waals surface area contributed by atoms with Crippen molar-refractivity contribution in [2.24, 2.45) is 11.1 Å². The van der Waals surface area contributed by atoms with Crippen LogP contribution in [-0.4, -0.2) is 29.1 Å². The first-order chi connectivity index (χ1) is 9.61. The summed E-state index contributed by atoms with van der Waals surface area (Å²) < 4.78 is 0. The van der Waals surface area contributed by atoms with E-state index in [-0.39, 0.29) is 0 Å². The first-order valence-electron chi connectivity index (χ1n) is 6.31. The molecule has 5 N–H and O–H groups in total. The molecule has 7 nitrogen and oxygen atoms in total. The van der Waals surface area contributed by atoms with Gasteiger partial charge in [-0.3, -0.25) is 4.79 Å². The molecule has 114 valence electrons. The first-order valence-corrected chi connectivity index (χ1v) is 6.31. The minimum atomic E-state index is -1.09. The number of aliphatic carboxylic acids is 1. The van der Waals surface area contributed by atoms with E-state index in [1.165, 1.54) is 24.3 Å². The van der Waals surface area contributed by atoms with E-state index in [1.54, 1.807) is 20.8 Å². The number of nitrogens with two attached hydrogens (primary N) is 1. The van der Waals surface area contributed by atoms with Crippen LogP contribution in [0.25, 0.3) is 0 Å². The Hall–Kier alpha value is -2.57. The molecular formula is C14H19N3O4. The average Bonchev–Trinajstić information content (AvgIpc) is 2.34. The first kappa shape index (κ1) is 16.5. The van der Waals surface area contributed by atoms with E-state index in [0.717, 1.165) is 0 Å². The predicted octanol–water partition coefficient (Wildman–Crippen LogP) is 1.41. The number of nitrogens with one attached hydrogen (secondary N) is 2. The molecule has 0 aliphatic carbocycles. The van der Waals surface area contributed by atoms with Crippen LogP contribution in [0, 0.1) is 5.41 Å². The molecule has 0 aliphatic heterocycles. The standard InChI is InChI=1S/C14H19N3O4/c1-14(2,3)10(12(19)20)17-11(18)8-4-6-9(7-5-8)16-13(15)21/h4-7,10H,1-3H3,(H,17,18)(H,19,20)(H3,15,16,21)/t10-/m0/s1. The third-order valence-electron chi connectivity index (χ3n) is 2.80. The fraction of sp³-hybridized carbons (Fsp3) is 0.357. The predicted molar refractivity (Wildman–Crippen MR) is 78.0 cm³/mol. The number of carbonyl (C=O) groups excluding carboxylic acids is 2. The van der Waals surface area contributed by atoms with Crippen LogP contribution in [-0.2, 0) is 4.79 Å². The molecule has 1 aromatic carbocycles. The second-order valence-electron chi connectivity index (χ2n) is 5.68. The van der Waals surface area contributed by atoms with Crippen LogP contribution in [0.15, 0.2) is 24.3 Å². The highest BCUT2D eigenvalue weighted by Gasteiger charge is 2.32. The highest BCUT2D eigenvalue weighted by molar-refractivity contribution is 5.97. The molecule has 3 amide bonds. The van der Waals surface area contributed by atoms with Crippen molar-refractivity contribution in [3.8, 4) is 0 Å². The Balaban J connectivity index is 2.84. The summed E-state index contributed by atoms with van der Waals surface area (Å²) in [7, 11) is 0. The molecule has 0 bridgehead atoms. The van der Waals surface area contributed by atoms with E-state index in [1.807, 2.05) is 0 Å². The van der Waals surface area contributed by atoms with Gasteiger partial charge in [-0.2, -0.15) is 0 Å². The third kappa shape index (κ3) is 4.79. The van der Waals surface area contributed by atoms with E-state index >= 15 is 0 Å². The van der Waals surface area contributed by atoms with Gasteiger partial charge in [-0.15, -0.1) is 0 Å². The highest BCUT2D eigenvalue weighted by Crippen LogP contribution is 2.20. The van der Waals surface area contributed by atoms with Crippen LogP contribution in [0.4, 0.5) is 10.5 Å². The lowest BCUT2D eigenvalue weighted by Gasteiger charge is -2.27. The quantitative estimate of drug-likeness (QED) is 0.670. The second-order valence-corrected chi connectivity index (χ2v) is 5.68. The topological polar surface area (TPSA) is 122 Å². The van der Waals surface area contributed by atoms with Crippen molar-refractivity contribution in [3.05, 3.63) is 29.8 Å². The van der Waals surface area contributed by atoms with Gasteiger partial charge in [0.2, 0.25) is 0 Å². The fourth-order valence-corrected chi connectivity index (χ4v) is 1.71. The summed E-state index contributed by atoms with van der Waals surface area (Å²) in [5, 5.41) is 14.0. The Morgan fingerprint density at radius 1 is 1.14 bits per heavy atom. The maximum Gasteiger partial charge on any atom is 0.326 e. The van der Waals surface area contributed by atoms with Crippen molar-refractivity contribution in [1.29, 1.82) is 0 Å². The largest absolute Gasteiger partial charge is 0.480 e. The average molecular weight is 293 g/mol. The minimum Gasteiger partial charge on any atom is -0.480 e. The van der Waals surface area contributed by atoms with E-state index in [4.69, 9.17) is 5.73 Å². The number of hydrogen-bond donors (Lipinski definition) is 4. The molecule has 0 saturated carbocycles. The number of anilines is 1. The number of amides is 3. The Morgan fingerprint density at radius 2 is 1.67 bits per heavy atom. The number of benzene rings is 1. The normalized spacial score (nSPS) is 12.3. The lowest BCUT2D eigenvalue weighted by molar-refractivity contribution is -0.142. The summed E-state index contributed by atoms with van der Waals surface area (Å²) in [6.07, 6.45) is 0. The van der Waals surface area contributed by atoms with Crippen LogP contribution < -0.4 is 16.4 Å². The molecule has 7 heteroatoms. The van der Waals surface area contributed by atoms with Gasteiger partial charge in [0.1, 0.15) is 6.04 Å². The summed E-state index contributed by atoms with van der Waals surface area (Å²) >= 11 is 0. The molecule has 1 atom stereocenters. The number of carboxylic acids is 1. The van der Waals surface area contributed by atoms with Crippen molar-refractivity contribution >= 4 is 23.6 Å². The van der Waals surface area contributed by atoms with Gasteiger partial charge in [-0.1, -0.05) is 20.8 Å². The van der Waals surface area contributed by atoms with Crippen LogP contribution in [0.3, 0.4) is 0 Å². The van der Waals surface area contributed by atoms with Crippen molar-refractivity contribution in [2.45, 2.75) is 26.8 Å². The van der Waals surface area contributed by atoms with Gasteiger partial charge in [-0.25, -0.2) is 9.59 Å². The zero-order valence-corrected chi connectivity index (χ0v) is 12.1. The molecule has 1 rings (SSSR count). The smallest absolute Gasteiger partial charge is 0.326 e. The van der Waals surface area contributed by atoms with E-state index in [2.05, 4.69) is 10.6 Å². The van der Waals surface area contributed by atoms with Crippen LogP contribution in [0.5, 0.6) is 0 Å². The van der Waals surface area contributed by atoms with Gasteiger partial charge >= 0.3 is 12.0 Å². The maximum atomic E-state index is 12.1. The molecule has 0 saturated heterocycles. The molecule has 21 heavy (non-hydrogen) atoms. The van der Waals surface area contributed by atoms with Crippen LogP contribution >= 0.6 is 0 Å². The molecule has 0 heterocycles. The number of carboxylic acid groups (broad SMARTS) is 1. The molecule has 0 radical (unpaired) electrons. The van der Waals surface area contributed by atoms with Crippen molar-refractivity contribution in [1.82, 2.24) is 5.32 Å². The lowest BCUT2D eigenvalue weighted by Crippen LogP contribution is -2.49. The zero-order chi connectivity index (χ0) is 16.2. The number of primary amides is 1. The Morgan fingerprint density at radius 3 is 2.05 bits per heavy atom. The molecule has 0 unspecified atom stereocenters. The highest BCUT2D eigenvalue weighted by atomic mass is 16.4. The minimum absolute atomic E-state index is 0.292. The fourth-order valence-electron chi connectivity index (χ4n) is 1.71. The van der Waals surface area contributed by atoms with E-state index < -0.39 is 29.4 Å². The number of urea groups is 1. The second kappa shape index (κ2) is 6.25. The van der Waals surface area contributed by atoms with E-state index in [0.29, 0.717) is 11.3 Å². The summed E-state index contributed by atoms with van der Waals surface area (Å²) in [5.41, 5.74) is 5.10. The third-order valence-corrected chi connectivity index (χ3v) is 2.80. The van der Waals surface area contributed by atoms with Crippen LogP contribution in [0.2, 0.25) is 0 Å². The molecule has 0 spiro atoms. The molecular weight excluding hydrogens is 274 g/mol. The molecule has 0 aromatic heterocycles.